The number of hydrogen-bond donors (Lipinski definition) is 3. The average molecular weight is 717 g/mol. The molecule has 1 amide bonds. The van der Waals surface area contributed by atoms with Crippen molar-refractivity contribution in [2.45, 2.75) is 13.0 Å². The van der Waals surface area contributed by atoms with E-state index in [-0.39, 0.29) is 5.91 Å². The van der Waals surface area contributed by atoms with Crippen molar-refractivity contribution < 1.29 is 14.3 Å². The van der Waals surface area contributed by atoms with Gasteiger partial charge in [-0.3, -0.25) is 9.78 Å². The summed E-state index contributed by atoms with van der Waals surface area (Å²) in [6.07, 6.45) is 5.60. The van der Waals surface area contributed by atoms with Crippen LogP contribution in [0.15, 0.2) is 104 Å². The molecule has 52 heavy (non-hydrogen) atoms. The van der Waals surface area contributed by atoms with Gasteiger partial charge in [-0.1, -0.05) is 42.4 Å². The molecule has 11 nitrogen and oxygen atoms in total. The summed E-state index contributed by atoms with van der Waals surface area (Å²) in [5.41, 5.74) is 7.16. The molecule has 0 spiro atoms. The Hall–Kier alpha value is -5.91. The van der Waals surface area contributed by atoms with Gasteiger partial charge in [-0.15, -0.1) is 0 Å². The highest BCUT2D eigenvalue weighted by atomic mass is 35.5. The molecule has 0 radical (unpaired) electrons. The normalized spacial score (nSPS) is 11.0. The largest absolute Gasteiger partial charge is 0.494 e. The van der Waals surface area contributed by atoms with Crippen LogP contribution >= 0.6 is 11.6 Å². The molecule has 3 aromatic carbocycles. The van der Waals surface area contributed by atoms with Crippen molar-refractivity contribution in [3.05, 3.63) is 115 Å². The van der Waals surface area contributed by atoms with Gasteiger partial charge < -0.3 is 34.9 Å². The number of nitrogens with one attached hydrogen (secondary N) is 3. The monoisotopic (exact) mass is 716 g/mol. The van der Waals surface area contributed by atoms with Crippen molar-refractivity contribution in [3.63, 3.8) is 0 Å². The first kappa shape index (κ1) is 35.9. The molecule has 0 bridgehead atoms. The van der Waals surface area contributed by atoms with Crippen molar-refractivity contribution in [1.82, 2.24) is 24.4 Å². The summed E-state index contributed by atoms with van der Waals surface area (Å²) in [7, 11) is 7.69. The van der Waals surface area contributed by atoms with Gasteiger partial charge in [0.1, 0.15) is 18.1 Å². The van der Waals surface area contributed by atoms with Gasteiger partial charge in [-0.25, -0.2) is 9.97 Å². The van der Waals surface area contributed by atoms with Crippen molar-refractivity contribution in [1.29, 1.82) is 0 Å². The molecule has 3 heterocycles. The van der Waals surface area contributed by atoms with Gasteiger partial charge in [0, 0.05) is 54.1 Å². The Morgan fingerprint density at radius 2 is 1.79 bits per heavy atom. The molecule has 0 saturated carbocycles. The van der Waals surface area contributed by atoms with Crippen LogP contribution in [0.1, 0.15) is 12.1 Å². The maximum atomic E-state index is 12.4. The van der Waals surface area contributed by atoms with E-state index in [0.29, 0.717) is 52.7 Å². The van der Waals surface area contributed by atoms with Crippen LogP contribution in [0.4, 0.5) is 23.0 Å². The number of benzene rings is 3. The molecule has 0 aliphatic carbocycles. The predicted molar refractivity (Wildman–Crippen MR) is 210 cm³/mol. The molecule has 0 aliphatic heterocycles. The molecule has 6 aromatic rings. The number of halogens is 1. The van der Waals surface area contributed by atoms with Crippen LogP contribution in [0, 0.1) is 0 Å². The van der Waals surface area contributed by atoms with Crippen molar-refractivity contribution in [2.75, 3.05) is 50.2 Å². The van der Waals surface area contributed by atoms with Gasteiger partial charge in [0.05, 0.1) is 46.3 Å². The van der Waals surface area contributed by atoms with Crippen LogP contribution in [0.25, 0.3) is 33.4 Å². The maximum absolute atomic E-state index is 12.4. The number of aryl methyl sites for hydroxylation is 1. The summed E-state index contributed by atoms with van der Waals surface area (Å²) in [6, 6.07) is 25.2. The number of hydrogen-bond acceptors (Lipinski definition) is 9. The number of amides is 1. The number of fused-ring (bicyclic) bond motifs is 1. The topological polar surface area (TPSA) is 118 Å². The highest BCUT2D eigenvalue weighted by Crippen LogP contribution is 2.42. The number of ether oxygens (including phenoxy) is 2. The third-order valence-electron chi connectivity index (χ3n) is 8.45. The van der Waals surface area contributed by atoms with E-state index in [9.17, 15) is 4.79 Å². The molecular formula is C40H41ClN8O3. The Balaban J connectivity index is 1.35. The third-order valence-corrected chi connectivity index (χ3v) is 8.75. The summed E-state index contributed by atoms with van der Waals surface area (Å²) in [6.45, 7) is 5.54. The molecule has 0 unspecified atom stereocenters. The van der Waals surface area contributed by atoms with Gasteiger partial charge >= 0.3 is 0 Å². The number of methoxy groups -OCH3 is 1. The SMILES string of the molecule is C=CC(=O)Nc1cc(Nc2nccc(-c3c(-c4ccc(OCc5ccccn5)c(Cl)c4)n(C)c4ccccc34)n2)c(OC)cc1NCCCN(C)C. The molecular weight excluding hydrogens is 676 g/mol. The van der Waals surface area contributed by atoms with E-state index < -0.39 is 0 Å². The minimum absolute atomic E-state index is 0.304. The fourth-order valence-corrected chi connectivity index (χ4v) is 6.20. The number of nitrogens with zero attached hydrogens (tertiary/aromatic N) is 5. The summed E-state index contributed by atoms with van der Waals surface area (Å²) in [5, 5.41) is 11.2. The van der Waals surface area contributed by atoms with Gasteiger partial charge in [0.25, 0.3) is 0 Å². The van der Waals surface area contributed by atoms with E-state index in [1.165, 1.54) is 6.08 Å². The zero-order chi connectivity index (χ0) is 36.6. The lowest BCUT2D eigenvalue weighted by Gasteiger charge is -2.18. The van der Waals surface area contributed by atoms with E-state index in [1.54, 1.807) is 25.6 Å². The van der Waals surface area contributed by atoms with Crippen LogP contribution in [0.2, 0.25) is 5.02 Å². The van der Waals surface area contributed by atoms with E-state index in [0.717, 1.165) is 52.1 Å². The lowest BCUT2D eigenvalue weighted by atomic mass is 10.0. The lowest BCUT2D eigenvalue weighted by molar-refractivity contribution is -0.111. The standard InChI is InChI=1S/C40H41ClN8O3/c1-6-37(50)45-32-23-33(36(51-5)24-31(32)43-19-11-21-48(2)3)47-40-44-20-17-30(46-40)38-28-13-7-8-14-34(28)49(4)39(38)26-15-16-35(29(41)22-26)52-25-27-12-9-10-18-42-27/h6-10,12-18,20,22-24,43H,1,11,19,21,25H2,2-5H3,(H,45,50)(H,44,46,47). The minimum Gasteiger partial charge on any atom is -0.494 e. The second-order valence-electron chi connectivity index (χ2n) is 12.3. The zero-order valence-corrected chi connectivity index (χ0v) is 30.4. The Labute approximate surface area is 308 Å². The van der Waals surface area contributed by atoms with Gasteiger partial charge in [0.15, 0.2) is 0 Å². The minimum atomic E-state index is -0.331. The number of para-hydroxylation sites is 1. The number of aromatic nitrogens is 4. The van der Waals surface area contributed by atoms with Crippen LogP contribution in [0.3, 0.4) is 0 Å². The Morgan fingerprint density at radius 1 is 0.962 bits per heavy atom. The summed E-state index contributed by atoms with van der Waals surface area (Å²) >= 11 is 6.81. The van der Waals surface area contributed by atoms with Crippen molar-refractivity contribution >= 4 is 51.4 Å². The van der Waals surface area contributed by atoms with Gasteiger partial charge in [-0.05, 0) is 81.7 Å². The van der Waals surface area contributed by atoms with E-state index in [2.05, 4.69) is 54.1 Å². The summed E-state index contributed by atoms with van der Waals surface area (Å²) in [4.78, 5) is 28.4. The Kier molecular flexibility index (Phi) is 11.3. The first-order chi connectivity index (χ1) is 25.2. The maximum Gasteiger partial charge on any atom is 0.247 e. The number of pyridine rings is 1. The molecule has 3 aromatic heterocycles. The Bertz CT molecular complexity index is 2200. The first-order valence-corrected chi connectivity index (χ1v) is 17.2. The molecule has 0 fully saturated rings. The quantitative estimate of drug-likeness (QED) is 0.0714. The molecule has 12 heteroatoms. The predicted octanol–water partition coefficient (Wildman–Crippen LogP) is 8.17. The second kappa shape index (κ2) is 16.4. The highest BCUT2D eigenvalue weighted by molar-refractivity contribution is 6.32. The summed E-state index contributed by atoms with van der Waals surface area (Å²) in [5.74, 6) is 1.13. The molecule has 6 rings (SSSR count). The van der Waals surface area contributed by atoms with Gasteiger partial charge in [0.2, 0.25) is 11.9 Å². The zero-order valence-electron chi connectivity index (χ0n) is 29.6. The number of carbonyl (C=O) groups is 1. The fourth-order valence-electron chi connectivity index (χ4n) is 5.97. The van der Waals surface area contributed by atoms with Crippen molar-refractivity contribution in [3.8, 4) is 34.0 Å². The first-order valence-electron chi connectivity index (χ1n) is 16.8. The highest BCUT2D eigenvalue weighted by Gasteiger charge is 2.21. The molecule has 0 saturated heterocycles. The second-order valence-corrected chi connectivity index (χ2v) is 12.7. The van der Waals surface area contributed by atoms with Crippen LogP contribution in [0.5, 0.6) is 11.5 Å². The van der Waals surface area contributed by atoms with Gasteiger partial charge in [-0.2, -0.15) is 0 Å². The van der Waals surface area contributed by atoms with E-state index in [4.69, 9.17) is 26.1 Å². The number of carbonyl (C=O) groups excluding carboxylic acids is 1. The van der Waals surface area contributed by atoms with Crippen LogP contribution in [-0.4, -0.2) is 64.6 Å². The fraction of sp³-hybridized carbons (Fsp3) is 0.200. The smallest absolute Gasteiger partial charge is 0.247 e. The Morgan fingerprint density at radius 3 is 2.54 bits per heavy atom. The van der Waals surface area contributed by atoms with Crippen LogP contribution < -0.4 is 25.4 Å². The van der Waals surface area contributed by atoms with E-state index in [1.807, 2.05) is 81.8 Å². The van der Waals surface area contributed by atoms with E-state index >= 15 is 0 Å². The molecule has 0 aliphatic rings. The lowest BCUT2D eigenvalue weighted by Crippen LogP contribution is -2.17. The number of anilines is 4. The van der Waals surface area contributed by atoms with Crippen molar-refractivity contribution in [2.24, 2.45) is 7.05 Å². The molecule has 266 valence electrons. The third kappa shape index (κ3) is 8.17. The molecule has 3 N–H and O–H groups in total. The molecule has 0 atom stereocenters. The average Bonchev–Trinajstić information content (AvgIpc) is 3.45. The summed E-state index contributed by atoms with van der Waals surface area (Å²) < 4.78 is 13.9. The van der Waals surface area contributed by atoms with Crippen LogP contribution in [-0.2, 0) is 18.4 Å². The number of rotatable bonds is 15.